The highest BCUT2D eigenvalue weighted by Gasteiger charge is 2.54. The SMILES string of the molecule is COc1cccc2c1O[C@](C)(CCCC(C)C)[C@@H]1C[C@@H]3CN(C(=O)OC(C)(C)C)CC[C@H]3O[C@@H]21. The van der Waals surface area contributed by atoms with Crippen molar-refractivity contribution in [1.82, 2.24) is 4.90 Å². The van der Waals surface area contributed by atoms with Crippen molar-refractivity contribution in [3.8, 4) is 11.5 Å². The smallest absolute Gasteiger partial charge is 0.410 e. The Kier molecular flexibility index (Phi) is 7.10. The Bertz CT molecular complexity index is 878. The first-order chi connectivity index (χ1) is 16.0. The summed E-state index contributed by atoms with van der Waals surface area (Å²) in [7, 11) is 1.70. The standard InChI is InChI=1S/C28H43NO5/c1-18(2)10-9-14-28(6)21-16-19-17-29(26(30)34-27(3,4)5)15-13-22(19)32-24(21)20-11-8-12-23(31-7)25(20)33-28/h8,11-12,18-19,21-22,24H,9-10,13-17H2,1-7H3/t19-,21-,22-,24+,28-/m1/s1. The van der Waals surface area contributed by atoms with E-state index in [2.05, 4.69) is 26.8 Å². The first-order valence-corrected chi connectivity index (χ1v) is 13.0. The molecule has 0 N–H and O–H groups in total. The van der Waals surface area contributed by atoms with Crippen molar-refractivity contribution < 1.29 is 23.7 Å². The van der Waals surface area contributed by atoms with E-state index in [4.69, 9.17) is 18.9 Å². The summed E-state index contributed by atoms with van der Waals surface area (Å²) in [6, 6.07) is 6.12. The molecule has 0 aromatic heterocycles. The minimum absolute atomic E-state index is 0.0165. The van der Waals surface area contributed by atoms with Crippen molar-refractivity contribution in [2.24, 2.45) is 17.8 Å². The minimum Gasteiger partial charge on any atom is -0.493 e. The molecule has 3 aliphatic rings. The van der Waals surface area contributed by atoms with E-state index in [1.165, 1.54) is 6.42 Å². The molecule has 34 heavy (non-hydrogen) atoms. The Labute approximate surface area is 205 Å². The maximum atomic E-state index is 12.8. The normalized spacial score (nSPS) is 30.6. The number of amides is 1. The lowest BCUT2D eigenvalue weighted by Crippen LogP contribution is -2.57. The van der Waals surface area contributed by atoms with Crippen LogP contribution in [0.25, 0.3) is 0 Å². The Balaban J connectivity index is 1.59. The first kappa shape index (κ1) is 25.2. The van der Waals surface area contributed by atoms with Crippen LogP contribution in [0, 0.1) is 17.8 Å². The number of carbonyl (C=O) groups excluding carboxylic acids is 1. The molecular weight excluding hydrogens is 430 g/mol. The van der Waals surface area contributed by atoms with Crippen LogP contribution >= 0.6 is 0 Å². The lowest BCUT2D eigenvalue weighted by atomic mass is 9.68. The van der Waals surface area contributed by atoms with Crippen LogP contribution in [0.1, 0.15) is 85.3 Å². The fourth-order valence-electron chi connectivity index (χ4n) is 5.93. The van der Waals surface area contributed by atoms with Gasteiger partial charge in [-0.05, 0) is 65.4 Å². The lowest BCUT2D eigenvalue weighted by molar-refractivity contribution is -0.191. The van der Waals surface area contributed by atoms with Crippen molar-refractivity contribution >= 4 is 6.09 Å². The summed E-state index contributed by atoms with van der Waals surface area (Å²) in [5.41, 5.74) is 0.260. The molecule has 6 heteroatoms. The molecule has 3 aliphatic heterocycles. The molecule has 2 fully saturated rings. The van der Waals surface area contributed by atoms with Gasteiger partial charge in [-0.2, -0.15) is 0 Å². The van der Waals surface area contributed by atoms with E-state index < -0.39 is 5.60 Å². The highest BCUT2D eigenvalue weighted by molar-refractivity contribution is 5.68. The monoisotopic (exact) mass is 473 g/mol. The molecule has 6 nitrogen and oxygen atoms in total. The van der Waals surface area contributed by atoms with Crippen LogP contribution in [0.5, 0.6) is 11.5 Å². The minimum atomic E-state index is -0.489. The third kappa shape index (κ3) is 5.17. The fraction of sp³-hybridized carbons (Fsp3) is 0.750. The van der Waals surface area contributed by atoms with Gasteiger partial charge in [-0.3, -0.25) is 0 Å². The number of rotatable bonds is 5. The van der Waals surface area contributed by atoms with Gasteiger partial charge in [0.15, 0.2) is 11.5 Å². The maximum absolute atomic E-state index is 12.8. The summed E-state index contributed by atoms with van der Waals surface area (Å²) in [4.78, 5) is 14.6. The van der Waals surface area contributed by atoms with Gasteiger partial charge >= 0.3 is 6.09 Å². The van der Waals surface area contributed by atoms with Gasteiger partial charge in [0.1, 0.15) is 11.2 Å². The third-order valence-corrected chi connectivity index (χ3v) is 7.67. The van der Waals surface area contributed by atoms with Gasteiger partial charge < -0.3 is 23.8 Å². The summed E-state index contributed by atoms with van der Waals surface area (Å²) in [6.45, 7) is 13.9. The fourth-order valence-corrected chi connectivity index (χ4v) is 5.93. The number of methoxy groups -OCH3 is 1. The van der Waals surface area contributed by atoms with Gasteiger partial charge in [0, 0.05) is 30.5 Å². The van der Waals surface area contributed by atoms with E-state index >= 15 is 0 Å². The van der Waals surface area contributed by atoms with Crippen LogP contribution < -0.4 is 9.47 Å². The van der Waals surface area contributed by atoms with E-state index in [1.54, 1.807) is 7.11 Å². The van der Waals surface area contributed by atoms with Crippen LogP contribution in [0.2, 0.25) is 0 Å². The molecular formula is C28H43NO5. The van der Waals surface area contributed by atoms with Gasteiger partial charge in [0.25, 0.3) is 0 Å². The molecule has 1 aromatic carbocycles. The van der Waals surface area contributed by atoms with E-state index in [0.29, 0.717) is 19.0 Å². The zero-order valence-electron chi connectivity index (χ0n) is 22.1. The zero-order chi connectivity index (χ0) is 24.7. The Morgan fingerprint density at radius 1 is 1.29 bits per heavy atom. The number of hydrogen-bond acceptors (Lipinski definition) is 5. The second-order valence-electron chi connectivity index (χ2n) is 12.0. The molecule has 1 amide bonds. The summed E-state index contributed by atoms with van der Waals surface area (Å²) in [6.07, 6.45) is 4.97. The molecule has 2 saturated heterocycles. The van der Waals surface area contributed by atoms with Crippen molar-refractivity contribution in [2.75, 3.05) is 20.2 Å². The highest BCUT2D eigenvalue weighted by atomic mass is 16.6. The second-order valence-corrected chi connectivity index (χ2v) is 12.0. The number of fused-ring (bicyclic) bond motifs is 4. The van der Waals surface area contributed by atoms with Crippen molar-refractivity contribution in [2.45, 2.75) is 97.1 Å². The molecule has 1 aromatic rings. The number of carbonyl (C=O) groups is 1. The van der Waals surface area contributed by atoms with Crippen molar-refractivity contribution in [3.63, 3.8) is 0 Å². The summed E-state index contributed by atoms with van der Waals surface area (Å²) in [5, 5.41) is 0. The predicted octanol–water partition coefficient (Wildman–Crippen LogP) is 6.38. The molecule has 3 heterocycles. The van der Waals surface area contributed by atoms with Gasteiger partial charge in [-0.1, -0.05) is 32.4 Å². The second kappa shape index (κ2) is 9.60. The van der Waals surface area contributed by atoms with E-state index in [9.17, 15) is 4.79 Å². The topological polar surface area (TPSA) is 57.2 Å². The van der Waals surface area contributed by atoms with E-state index in [0.717, 1.165) is 42.7 Å². The maximum Gasteiger partial charge on any atom is 0.410 e. The predicted molar refractivity (Wildman–Crippen MR) is 132 cm³/mol. The molecule has 190 valence electrons. The van der Waals surface area contributed by atoms with Crippen molar-refractivity contribution in [1.29, 1.82) is 0 Å². The van der Waals surface area contributed by atoms with Crippen molar-refractivity contribution in [3.05, 3.63) is 23.8 Å². The number of hydrogen-bond donors (Lipinski definition) is 0. The molecule has 0 aliphatic carbocycles. The lowest BCUT2D eigenvalue weighted by Gasteiger charge is -2.54. The number of likely N-dealkylation sites (tertiary alicyclic amines) is 1. The van der Waals surface area contributed by atoms with Crippen LogP contribution in [0.4, 0.5) is 4.79 Å². The Hall–Kier alpha value is -1.95. The van der Waals surface area contributed by atoms with Crippen LogP contribution in [0.15, 0.2) is 18.2 Å². The summed E-state index contributed by atoms with van der Waals surface area (Å²) >= 11 is 0. The van der Waals surface area contributed by atoms with E-state index in [1.807, 2.05) is 37.8 Å². The molecule has 0 spiro atoms. The average Bonchev–Trinajstić information content (AvgIpc) is 2.76. The number of piperidine rings is 1. The highest BCUT2D eigenvalue weighted by Crippen LogP contribution is 2.56. The zero-order valence-corrected chi connectivity index (χ0v) is 22.1. The van der Waals surface area contributed by atoms with Crippen LogP contribution in [-0.2, 0) is 9.47 Å². The molecule has 0 bridgehead atoms. The van der Waals surface area contributed by atoms with Gasteiger partial charge in [0.05, 0.1) is 19.3 Å². The summed E-state index contributed by atoms with van der Waals surface area (Å²) < 4.78 is 25.0. The van der Waals surface area contributed by atoms with Gasteiger partial charge in [-0.25, -0.2) is 4.79 Å². The molecule has 0 saturated carbocycles. The third-order valence-electron chi connectivity index (χ3n) is 7.67. The number of nitrogens with zero attached hydrogens (tertiary/aromatic N) is 1. The summed E-state index contributed by atoms with van der Waals surface area (Å²) in [5.74, 6) is 2.78. The Morgan fingerprint density at radius 2 is 2.06 bits per heavy atom. The van der Waals surface area contributed by atoms with Gasteiger partial charge in [-0.15, -0.1) is 0 Å². The molecule has 4 rings (SSSR count). The molecule has 0 radical (unpaired) electrons. The molecule has 5 atom stereocenters. The van der Waals surface area contributed by atoms with Gasteiger partial charge in [0.2, 0.25) is 0 Å². The number of para-hydroxylation sites is 1. The quantitative estimate of drug-likeness (QED) is 0.497. The molecule has 0 unspecified atom stereocenters. The largest absolute Gasteiger partial charge is 0.493 e. The average molecular weight is 474 g/mol. The Morgan fingerprint density at radius 3 is 2.74 bits per heavy atom. The van der Waals surface area contributed by atoms with Crippen LogP contribution in [0.3, 0.4) is 0 Å². The number of benzene rings is 1. The van der Waals surface area contributed by atoms with E-state index in [-0.39, 0.29) is 35.7 Å². The number of ether oxygens (including phenoxy) is 4. The first-order valence-electron chi connectivity index (χ1n) is 13.0. The van der Waals surface area contributed by atoms with Crippen LogP contribution in [-0.4, -0.2) is 48.5 Å².